The van der Waals surface area contributed by atoms with E-state index >= 15 is 4.39 Å². The van der Waals surface area contributed by atoms with Gasteiger partial charge in [-0.2, -0.15) is 10.4 Å². The molecule has 2 saturated heterocycles. The van der Waals surface area contributed by atoms with Crippen LogP contribution in [0, 0.1) is 34.7 Å². The van der Waals surface area contributed by atoms with Crippen molar-refractivity contribution in [3.63, 3.8) is 0 Å². The van der Waals surface area contributed by atoms with E-state index in [1.807, 2.05) is 6.07 Å². The smallest absolute Gasteiger partial charge is 0.481 e. The minimum Gasteiger partial charge on any atom is -0.481 e. The number of nitrogens with zero attached hydrogens (tertiary/aromatic N) is 5. The zero-order valence-corrected chi connectivity index (χ0v) is 32.6. The van der Waals surface area contributed by atoms with E-state index in [1.165, 1.54) is 59.1 Å². The Labute approximate surface area is 341 Å². The van der Waals surface area contributed by atoms with Gasteiger partial charge in [0.1, 0.15) is 30.1 Å². The second-order valence-corrected chi connectivity index (χ2v) is 15.0. The van der Waals surface area contributed by atoms with E-state index < -0.39 is 76.1 Å². The predicted molar refractivity (Wildman–Crippen MR) is 203 cm³/mol. The van der Waals surface area contributed by atoms with Gasteiger partial charge in [-0.05, 0) is 50.1 Å². The van der Waals surface area contributed by atoms with Crippen LogP contribution in [-0.2, 0) is 50.2 Å². The van der Waals surface area contributed by atoms with Gasteiger partial charge in [0.05, 0.1) is 42.6 Å². The molecule has 2 aromatic carbocycles. The number of hydrogen-bond acceptors (Lipinski definition) is 13. The Morgan fingerprint density at radius 2 is 1.78 bits per heavy atom. The van der Waals surface area contributed by atoms with Crippen molar-refractivity contribution in [3.05, 3.63) is 114 Å². The molecular weight excluding hydrogens is 800 g/mol. The molecule has 15 nitrogen and oxygen atoms in total. The molecule has 0 aliphatic carbocycles. The first-order valence-corrected chi connectivity index (χ1v) is 19.2. The number of piperidine rings is 1. The first-order valence-electron chi connectivity index (χ1n) is 18.3. The Morgan fingerprint density at radius 3 is 2.42 bits per heavy atom. The molecule has 3 aromatic rings. The summed E-state index contributed by atoms with van der Waals surface area (Å²) < 4.78 is 73.4. The summed E-state index contributed by atoms with van der Waals surface area (Å²) in [5, 5.41) is 21.0. The molecule has 0 saturated carbocycles. The predicted octanol–water partition coefficient (Wildman–Crippen LogP) is 5.52. The van der Waals surface area contributed by atoms with Crippen molar-refractivity contribution in [2.45, 2.75) is 61.9 Å². The van der Waals surface area contributed by atoms with Gasteiger partial charge in [0.15, 0.2) is 11.9 Å². The number of ether oxygens (including phenoxy) is 5. The first-order chi connectivity index (χ1) is 28.3. The number of carbonyl (C=O) groups excluding carboxylic acids is 3. The molecule has 2 aliphatic heterocycles. The number of nitriles is 1. The maximum atomic E-state index is 15.7. The lowest BCUT2D eigenvalue weighted by Gasteiger charge is -2.40. The molecule has 3 atom stereocenters. The number of carboxylic acids is 1. The normalized spacial score (nSPS) is 19.6. The largest absolute Gasteiger partial charge is 0.512 e. The summed E-state index contributed by atoms with van der Waals surface area (Å²) in [5.41, 5.74) is -1.70. The zero-order valence-electron chi connectivity index (χ0n) is 31.8. The van der Waals surface area contributed by atoms with Crippen molar-refractivity contribution in [2.75, 3.05) is 26.3 Å². The van der Waals surface area contributed by atoms with E-state index in [9.17, 15) is 28.0 Å². The van der Waals surface area contributed by atoms with Crippen LogP contribution in [0.4, 0.5) is 18.0 Å². The summed E-state index contributed by atoms with van der Waals surface area (Å²) >= 11 is 1.22. The Bertz CT molecular complexity index is 2100. The number of rotatable bonds is 15. The highest BCUT2D eigenvalue weighted by Crippen LogP contribution is 2.42. The molecule has 0 radical (unpaired) electrons. The van der Waals surface area contributed by atoms with E-state index in [2.05, 4.69) is 10.1 Å². The number of aliphatic carboxylic acids is 1. The van der Waals surface area contributed by atoms with Gasteiger partial charge in [-0.25, -0.2) is 32.4 Å². The minimum absolute atomic E-state index is 0.136. The third kappa shape index (κ3) is 12.3. The van der Waals surface area contributed by atoms with Crippen molar-refractivity contribution in [2.24, 2.45) is 5.92 Å². The monoisotopic (exact) mass is 839 g/mol. The van der Waals surface area contributed by atoms with Crippen LogP contribution in [0.2, 0.25) is 0 Å². The van der Waals surface area contributed by atoms with Crippen molar-refractivity contribution >= 4 is 41.8 Å². The number of benzene rings is 2. The van der Waals surface area contributed by atoms with E-state index in [4.69, 9.17) is 34.1 Å². The molecule has 2 aliphatic rings. The molecule has 2 fully saturated rings. The molecule has 5 rings (SSSR count). The number of aromatic nitrogens is 3. The minimum atomic E-state index is -1.96. The molecular formula is C40H40F3N5O10S. The van der Waals surface area contributed by atoms with Crippen LogP contribution in [0.15, 0.2) is 79.4 Å². The highest BCUT2D eigenvalue weighted by molar-refractivity contribution is 8.00. The molecule has 1 amide bonds. The van der Waals surface area contributed by atoms with Crippen molar-refractivity contribution < 1.29 is 61.1 Å². The Morgan fingerprint density at radius 1 is 1.03 bits per heavy atom. The lowest BCUT2D eigenvalue weighted by atomic mass is 9.89. The zero-order chi connectivity index (χ0) is 42.5. The number of thioether (sulfide) groups is 1. The molecule has 59 heavy (non-hydrogen) atoms. The number of allylic oxidation sites excluding steroid dienone is 2. The van der Waals surface area contributed by atoms with E-state index in [0.717, 1.165) is 30.4 Å². The van der Waals surface area contributed by atoms with Gasteiger partial charge < -0.3 is 33.7 Å². The molecule has 0 bridgehead atoms. The lowest BCUT2D eigenvalue weighted by molar-refractivity contribution is -0.166. The SMILES string of the molecule is CC(OC(=O)C=CC(=O)N1CCC(C(=O)O)CC1)OC(=O)OC(Cn1cncn1)(c1ccc(F)cc1F)C(C)SC1COC(C=CC=Cc2ccc(C#N)cc2F)OC1. The fourth-order valence-corrected chi connectivity index (χ4v) is 7.61. The average Bonchev–Trinajstić information content (AvgIpc) is 3.72. The third-order valence-electron chi connectivity index (χ3n) is 9.31. The van der Waals surface area contributed by atoms with Crippen LogP contribution in [-0.4, -0.2) is 98.2 Å². The maximum Gasteiger partial charge on any atom is 0.512 e. The van der Waals surface area contributed by atoms with Crippen LogP contribution >= 0.6 is 11.8 Å². The van der Waals surface area contributed by atoms with Gasteiger partial charge in [-0.15, -0.1) is 11.8 Å². The van der Waals surface area contributed by atoms with Crippen molar-refractivity contribution in [3.8, 4) is 6.07 Å². The summed E-state index contributed by atoms with van der Waals surface area (Å²) in [7, 11) is 0. The topological polar surface area (TPSA) is 192 Å². The maximum absolute atomic E-state index is 15.7. The molecule has 1 aromatic heterocycles. The standard InChI is InChI=1S/C40H40F3N5O10S/c1-25(59-31-20-54-37(55-21-31)6-4-3-5-28-8-7-27(19-44)17-33(28)42)40(22-48-24-45-23-46-48,32-10-9-30(41)18-34(32)43)58-39(53)57-26(2)56-36(50)12-11-35(49)47-15-13-29(14-16-47)38(51)52/h3-12,17-18,23-26,29,31,37H,13-16,20-22H2,1-2H3,(H,51,52). The van der Waals surface area contributed by atoms with E-state index in [0.29, 0.717) is 6.07 Å². The van der Waals surface area contributed by atoms with Gasteiger partial charge in [-0.1, -0.05) is 24.3 Å². The summed E-state index contributed by atoms with van der Waals surface area (Å²) in [6.07, 6.45) is 7.49. The highest BCUT2D eigenvalue weighted by Gasteiger charge is 2.47. The van der Waals surface area contributed by atoms with Crippen LogP contribution in [0.5, 0.6) is 0 Å². The molecule has 312 valence electrons. The number of amides is 1. The Hall–Kier alpha value is -5.97. The quantitative estimate of drug-likeness (QED) is 0.0871. The molecule has 19 heteroatoms. The second kappa shape index (κ2) is 20.6. The fraction of sp³-hybridized carbons (Fsp3) is 0.375. The summed E-state index contributed by atoms with van der Waals surface area (Å²) in [5.74, 6) is -5.52. The Kier molecular flexibility index (Phi) is 15.4. The lowest BCUT2D eigenvalue weighted by Crippen LogP contribution is -2.47. The summed E-state index contributed by atoms with van der Waals surface area (Å²) in [6, 6.07) is 8.77. The van der Waals surface area contributed by atoms with Crippen LogP contribution in [0.1, 0.15) is 43.4 Å². The fourth-order valence-electron chi connectivity index (χ4n) is 6.25. The van der Waals surface area contributed by atoms with Crippen LogP contribution in [0.25, 0.3) is 6.08 Å². The van der Waals surface area contributed by atoms with Crippen molar-refractivity contribution in [1.82, 2.24) is 19.7 Å². The van der Waals surface area contributed by atoms with Gasteiger partial charge in [0, 0.05) is 54.6 Å². The number of hydrogen-bond donors (Lipinski definition) is 1. The van der Waals surface area contributed by atoms with Crippen molar-refractivity contribution in [1.29, 1.82) is 5.26 Å². The summed E-state index contributed by atoms with van der Waals surface area (Å²) in [6.45, 7) is 3.20. The van der Waals surface area contributed by atoms with E-state index in [1.54, 1.807) is 25.2 Å². The molecule has 3 unspecified atom stereocenters. The van der Waals surface area contributed by atoms with Gasteiger partial charge in [0.2, 0.25) is 12.2 Å². The number of carbonyl (C=O) groups is 4. The van der Waals surface area contributed by atoms with Crippen LogP contribution in [0.3, 0.4) is 0 Å². The number of likely N-dealkylation sites (tertiary alicyclic amines) is 1. The number of carboxylic acid groups (broad SMARTS) is 1. The molecule has 0 spiro atoms. The number of esters is 1. The third-order valence-corrected chi connectivity index (χ3v) is 10.8. The van der Waals surface area contributed by atoms with E-state index in [-0.39, 0.29) is 62.4 Å². The van der Waals surface area contributed by atoms with Gasteiger partial charge in [-0.3, -0.25) is 9.59 Å². The summed E-state index contributed by atoms with van der Waals surface area (Å²) in [4.78, 5) is 55.1. The second-order valence-electron chi connectivity index (χ2n) is 13.4. The van der Waals surface area contributed by atoms with Gasteiger partial charge >= 0.3 is 18.1 Å². The average molecular weight is 840 g/mol. The first kappa shape index (κ1) is 44.1. The molecule has 1 N–H and O–H groups in total. The van der Waals surface area contributed by atoms with Crippen LogP contribution < -0.4 is 0 Å². The highest BCUT2D eigenvalue weighted by atomic mass is 32.2. The Balaban J connectivity index is 1.24. The number of halogens is 3. The van der Waals surface area contributed by atoms with Gasteiger partial charge in [0.25, 0.3) is 0 Å². The molecule has 3 heterocycles.